The Bertz CT molecular complexity index is 469. The molecule has 0 heterocycles. The van der Waals surface area contributed by atoms with Crippen molar-refractivity contribution in [2.24, 2.45) is 10.9 Å². The summed E-state index contributed by atoms with van der Waals surface area (Å²) in [5.41, 5.74) is 6.44. The Morgan fingerprint density at radius 2 is 2.05 bits per heavy atom. The van der Waals surface area contributed by atoms with E-state index in [4.69, 9.17) is 10.9 Å². The lowest BCUT2D eigenvalue weighted by Crippen LogP contribution is -2.46. The van der Waals surface area contributed by atoms with Crippen LogP contribution in [0.5, 0.6) is 0 Å². The second-order valence-electron chi connectivity index (χ2n) is 4.90. The number of likely N-dealkylation sites (N-methyl/N-ethyl adjacent to an activating group) is 1. The quantitative estimate of drug-likeness (QED) is 0.373. The molecule has 0 aliphatic heterocycles. The van der Waals surface area contributed by atoms with Gasteiger partial charge in [-0.2, -0.15) is 0 Å². The molecule has 1 aliphatic carbocycles. The van der Waals surface area contributed by atoms with E-state index in [1.54, 1.807) is 11.9 Å². The second-order valence-corrected chi connectivity index (χ2v) is 4.90. The molecule has 5 nitrogen and oxygen atoms in total. The minimum Gasteiger partial charge on any atom is -0.409 e. The van der Waals surface area contributed by atoms with Crippen LogP contribution in [0.15, 0.2) is 35.5 Å². The van der Waals surface area contributed by atoms with Gasteiger partial charge in [0.1, 0.15) is 5.92 Å². The van der Waals surface area contributed by atoms with Gasteiger partial charge in [0.15, 0.2) is 5.84 Å². The fourth-order valence-corrected chi connectivity index (χ4v) is 2.30. The Morgan fingerprint density at radius 1 is 1.42 bits per heavy atom. The van der Waals surface area contributed by atoms with Crippen molar-refractivity contribution in [1.29, 1.82) is 0 Å². The zero-order chi connectivity index (χ0) is 13.8. The van der Waals surface area contributed by atoms with Crippen molar-refractivity contribution in [1.82, 2.24) is 4.90 Å². The van der Waals surface area contributed by atoms with E-state index in [-0.39, 0.29) is 17.8 Å². The first-order valence-corrected chi connectivity index (χ1v) is 6.44. The molecule has 0 spiro atoms. The molecular weight excluding hydrogens is 242 g/mol. The van der Waals surface area contributed by atoms with Crippen LogP contribution < -0.4 is 5.73 Å². The van der Waals surface area contributed by atoms with Gasteiger partial charge in [0, 0.05) is 13.1 Å². The largest absolute Gasteiger partial charge is 0.409 e. The summed E-state index contributed by atoms with van der Waals surface area (Å²) in [5.74, 6) is -0.898. The number of hydrogen-bond donors (Lipinski definition) is 2. The third kappa shape index (κ3) is 2.70. The fraction of sp³-hybridized carbons (Fsp3) is 0.429. The first kappa shape index (κ1) is 13.4. The molecule has 0 saturated heterocycles. The summed E-state index contributed by atoms with van der Waals surface area (Å²) in [7, 11) is 1.78. The molecule has 1 saturated carbocycles. The molecule has 1 aromatic carbocycles. The number of carbonyl (C=O) groups excluding carboxylic acids is 1. The average Bonchev–Trinajstić information content (AvgIpc) is 2.37. The minimum atomic E-state index is -0.711. The van der Waals surface area contributed by atoms with Crippen LogP contribution in [0.3, 0.4) is 0 Å². The van der Waals surface area contributed by atoms with Crippen LogP contribution in [0.2, 0.25) is 0 Å². The maximum atomic E-state index is 12.5. The van der Waals surface area contributed by atoms with Crippen LogP contribution in [0.4, 0.5) is 0 Å². The van der Waals surface area contributed by atoms with Crippen molar-refractivity contribution < 1.29 is 10.0 Å². The van der Waals surface area contributed by atoms with Gasteiger partial charge < -0.3 is 15.8 Å². The van der Waals surface area contributed by atoms with Gasteiger partial charge in [-0.05, 0) is 24.8 Å². The maximum Gasteiger partial charge on any atom is 0.237 e. The molecule has 1 aliphatic rings. The summed E-state index contributed by atoms with van der Waals surface area (Å²) < 4.78 is 0. The fourth-order valence-electron chi connectivity index (χ4n) is 2.30. The van der Waals surface area contributed by atoms with Crippen molar-refractivity contribution in [2.75, 3.05) is 7.05 Å². The Kier molecular flexibility index (Phi) is 4.04. The van der Waals surface area contributed by atoms with Gasteiger partial charge in [-0.15, -0.1) is 0 Å². The van der Waals surface area contributed by atoms with E-state index >= 15 is 0 Å². The van der Waals surface area contributed by atoms with Crippen LogP contribution in [0.25, 0.3) is 0 Å². The lowest BCUT2D eigenvalue weighted by molar-refractivity contribution is -0.133. The molecule has 1 fully saturated rings. The number of amidine groups is 1. The van der Waals surface area contributed by atoms with Gasteiger partial charge in [-0.3, -0.25) is 4.79 Å². The topological polar surface area (TPSA) is 78.9 Å². The molecule has 1 unspecified atom stereocenters. The molecule has 1 aromatic rings. The first-order chi connectivity index (χ1) is 9.15. The zero-order valence-electron chi connectivity index (χ0n) is 11.0. The van der Waals surface area contributed by atoms with Gasteiger partial charge in [-0.25, -0.2) is 0 Å². The Hall–Kier alpha value is -2.04. The number of benzene rings is 1. The third-order valence-electron chi connectivity index (χ3n) is 3.76. The van der Waals surface area contributed by atoms with Crippen LogP contribution >= 0.6 is 0 Å². The maximum absolute atomic E-state index is 12.5. The highest BCUT2D eigenvalue weighted by Crippen LogP contribution is 2.27. The van der Waals surface area contributed by atoms with E-state index in [2.05, 4.69) is 5.16 Å². The zero-order valence-corrected chi connectivity index (χ0v) is 11.0. The van der Waals surface area contributed by atoms with Crippen LogP contribution in [-0.2, 0) is 4.79 Å². The number of nitrogens with two attached hydrogens (primary N) is 1. The normalized spacial score (nSPS) is 17.6. The monoisotopic (exact) mass is 261 g/mol. The van der Waals surface area contributed by atoms with Gasteiger partial charge in [0.25, 0.3) is 0 Å². The summed E-state index contributed by atoms with van der Waals surface area (Å²) in [6.45, 7) is 0. The molecule has 0 aromatic heterocycles. The molecule has 5 heteroatoms. The SMILES string of the molecule is CN(C(=O)C(/C(N)=N/O)c1ccccc1)C1CCC1. The lowest BCUT2D eigenvalue weighted by atomic mass is 9.89. The summed E-state index contributed by atoms with van der Waals surface area (Å²) in [6, 6.07) is 9.45. The number of nitrogens with zero attached hydrogens (tertiary/aromatic N) is 2. The number of carbonyl (C=O) groups is 1. The molecule has 3 N–H and O–H groups in total. The summed E-state index contributed by atoms with van der Waals surface area (Å²) in [5, 5.41) is 11.9. The first-order valence-electron chi connectivity index (χ1n) is 6.44. The third-order valence-corrected chi connectivity index (χ3v) is 3.76. The summed E-state index contributed by atoms with van der Waals surface area (Å²) in [4.78, 5) is 14.3. The molecule has 19 heavy (non-hydrogen) atoms. The van der Waals surface area contributed by atoms with Gasteiger partial charge in [-0.1, -0.05) is 35.5 Å². The standard InChI is InChI=1S/C14H19N3O2/c1-17(11-8-5-9-11)14(18)12(13(15)16-19)10-6-3-2-4-7-10/h2-4,6-7,11-12,19H,5,8-9H2,1H3,(H2,15,16). The van der Waals surface area contributed by atoms with Crippen LogP contribution in [0, 0.1) is 0 Å². The van der Waals surface area contributed by atoms with E-state index in [1.165, 1.54) is 0 Å². The predicted molar refractivity (Wildman–Crippen MR) is 73.0 cm³/mol. The van der Waals surface area contributed by atoms with E-state index in [9.17, 15) is 4.79 Å². The van der Waals surface area contributed by atoms with Crippen molar-refractivity contribution in [2.45, 2.75) is 31.2 Å². The second kappa shape index (κ2) is 5.73. The van der Waals surface area contributed by atoms with Gasteiger partial charge in [0.05, 0.1) is 0 Å². The van der Waals surface area contributed by atoms with E-state index < -0.39 is 5.92 Å². The van der Waals surface area contributed by atoms with E-state index in [0.717, 1.165) is 24.8 Å². The molecule has 102 valence electrons. The number of oxime groups is 1. The Morgan fingerprint density at radius 3 is 2.53 bits per heavy atom. The van der Waals surface area contributed by atoms with Crippen molar-refractivity contribution >= 4 is 11.7 Å². The van der Waals surface area contributed by atoms with Crippen molar-refractivity contribution in [3.63, 3.8) is 0 Å². The number of hydrogen-bond acceptors (Lipinski definition) is 3. The predicted octanol–water partition coefficient (Wildman–Crippen LogP) is 1.53. The Balaban J connectivity index is 2.25. The van der Waals surface area contributed by atoms with E-state index in [1.807, 2.05) is 30.3 Å². The molecule has 1 amide bonds. The highest BCUT2D eigenvalue weighted by atomic mass is 16.4. The lowest BCUT2D eigenvalue weighted by Gasteiger charge is -2.36. The summed E-state index contributed by atoms with van der Waals surface area (Å²) in [6.07, 6.45) is 3.21. The highest BCUT2D eigenvalue weighted by molar-refractivity contribution is 6.07. The van der Waals surface area contributed by atoms with E-state index in [0.29, 0.717) is 0 Å². The molecule has 2 rings (SSSR count). The van der Waals surface area contributed by atoms with Gasteiger partial charge >= 0.3 is 0 Å². The molecule has 0 bridgehead atoms. The number of rotatable bonds is 4. The smallest absolute Gasteiger partial charge is 0.237 e. The molecule has 0 radical (unpaired) electrons. The van der Waals surface area contributed by atoms with Gasteiger partial charge in [0.2, 0.25) is 5.91 Å². The van der Waals surface area contributed by atoms with Crippen LogP contribution in [-0.4, -0.2) is 34.9 Å². The minimum absolute atomic E-state index is 0.0672. The molecular formula is C14H19N3O2. The van der Waals surface area contributed by atoms with Crippen molar-refractivity contribution in [3.8, 4) is 0 Å². The Labute approximate surface area is 112 Å². The molecule has 1 atom stereocenters. The van der Waals surface area contributed by atoms with Crippen LogP contribution in [0.1, 0.15) is 30.7 Å². The number of amides is 1. The summed E-state index contributed by atoms with van der Waals surface area (Å²) >= 11 is 0. The highest BCUT2D eigenvalue weighted by Gasteiger charge is 2.33. The van der Waals surface area contributed by atoms with Crippen molar-refractivity contribution in [3.05, 3.63) is 35.9 Å². The average molecular weight is 261 g/mol.